The third-order valence-electron chi connectivity index (χ3n) is 6.79. The summed E-state index contributed by atoms with van der Waals surface area (Å²) < 4.78 is 5.95. The average molecular weight is 445 g/mol. The number of benzene rings is 1. The van der Waals surface area contributed by atoms with Crippen molar-refractivity contribution in [3.05, 3.63) is 30.0 Å². The number of carbonyl (C=O) groups is 1. The first kappa shape index (κ1) is 23.1. The van der Waals surface area contributed by atoms with Crippen LogP contribution in [0.15, 0.2) is 24.3 Å². The Morgan fingerprint density at radius 2 is 1.78 bits per heavy atom. The minimum Gasteiger partial charge on any atom is -0.493 e. The van der Waals surface area contributed by atoms with E-state index in [4.69, 9.17) is 4.74 Å². The van der Waals surface area contributed by atoms with Gasteiger partial charge >= 0.3 is 0 Å². The minimum atomic E-state index is -0.0148. The lowest BCUT2D eigenvalue weighted by atomic mass is 10.0. The molecule has 1 amide bonds. The molecule has 180 valence electrons. The molecule has 2 fully saturated rings. The summed E-state index contributed by atoms with van der Waals surface area (Å²) in [6, 6.07) is 8.12. The van der Waals surface area contributed by atoms with Crippen molar-refractivity contribution >= 4 is 16.8 Å². The number of hydrogen-bond acceptors (Lipinski definition) is 4. The third kappa shape index (κ3) is 6.26. The molecular weight excluding hydrogens is 400 g/mol. The van der Waals surface area contributed by atoms with Crippen molar-refractivity contribution in [2.24, 2.45) is 5.92 Å². The van der Waals surface area contributed by atoms with Gasteiger partial charge in [-0.15, -0.1) is 0 Å². The molecule has 2 N–H and O–H groups in total. The summed E-state index contributed by atoms with van der Waals surface area (Å²) in [7, 11) is 0. The Labute approximate surface area is 195 Å². The maximum absolute atomic E-state index is 12.9. The largest absolute Gasteiger partial charge is 0.493 e. The summed E-state index contributed by atoms with van der Waals surface area (Å²) in [4.78, 5) is 21.4. The van der Waals surface area contributed by atoms with Gasteiger partial charge in [0.05, 0.1) is 6.61 Å². The van der Waals surface area contributed by atoms with Crippen LogP contribution in [0.2, 0.25) is 0 Å². The number of ether oxygens (including phenoxy) is 1. The standard InChI is InChI=1S/C26H40N4O2.2H2/c1-20(2)19-32-25-9-7-8-23-22(25)18-24(28-23)26(31)27-21-10-14-30(15-11-21)17-16-29-12-5-3-4-6-13-29;;/h7-9,18,20-21,28H,3-6,10-17,19H2,1-2H3,(H,27,31);2*1H. The fourth-order valence-electron chi connectivity index (χ4n) is 4.84. The lowest BCUT2D eigenvalue weighted by Crippen LogP contribution is -2.46. The summed E-state index contributed by atoms with van der Waals surface area (Å²) in [6.07, 6.45) is 7.54. The molecule has 4 rings (SSSR count). The smallest absolute Gasteiger partial charge is 0.267 e. The number of rotatable bonds is 8. The van der Waals surface area contributed by atoms with Crippen LogP contribution in [0.4, 0.5) is 0 Å². The Morgan fingerprint density at radius 3 is 2.47 bits per heavy atom. The molecular formula is C26H44N4O2. The van der Waals surface area contributed by atoms with Gasteiger partial charge in [0.1, 0.15) is 11.4 Å². The van der Waals surface area contributed by atoms with Gasteiger partial charge in [-0.3, -0.25) is 4.79 Å². The topological polar surface area (TPSA) is 60.6 Å². The second kappa shape index (κ2) is 11.2. The Bertz CT molecular complexity index is 873. The zero-order valence-corrected chi connectivity index (χ0v) is 19.9. The van der Waals surface area contributed by atoms with E-state index in [1.165, 1.54) is 45.3 Å². The minimum absolute atomic E-state index is 0. The molecule has 0 spiro atoms. The Morgan fingerprint density at radius 1 is 1.09 bits per heavy atom. The highest BCUT2D eigenvalue weighted by atomic mass is 16.5. The number of fused-ring (bicyclic) bond motifs is 1. The molecule has 0 atom stereocenters. The molecule has 32 heavy (non-hydrogen) atoms. The number of H-pyrrole nitrogens is 1. The van der Waals surface area contributed by atoms with Crippen molar-refractivity contribution in [3.63, 3.8) is 0 Å². The second-order valence-electron chi connectivity index (χ2n) is 9.95. The normalized spacial score (nSPS) is 19.3. The second-order valence-corrected chi connectivity index (χ2v) is 9.95. The molecule has 2 aliphatic heterocycles. The number of amides is 1. The monoisotopic (exact) mass is 444 g/mol. The summed E-state index contributed by atoms with van der Waals surface area (Å²) in [5, 5.41) is 4.23. The van der Waals surface area contributed by atoms with Crippen LogP contribution in [-0.4, -0.2) is 72.6 Å². The van der Waals surface area contributed by atoms with E-state index in [0.29, 0.717) is 18.2 Å². The van der Waals surface area contributed by atoms with Crippen molar-refractivity contribution in [2.45, 2.75) is 58.4 Å². The number of nitrogens with zero attached hydrogens (tertiary/aromatic N) is 2. The quantitative estimate of drug-likeness (QED) is 0.616. The first-order valence-corrected chi connectivity index (χ1v) is 12.6. The van der Waals surface area contributed by atoms with Gasteiger partial charge in [-0.05, 0) is 62.9 Å². The van der Waals surface area contributed by atoms with E-state index in [0.717, 1.165) is 49.1 Å². The zero-order chi connectivity index (χ0) is 22.3. The number of hydrogen-bond donors (Lipinski definition) is 2. The molecule has 2 saturated heterocycles. The maximum Gasteiger partial charge on any atom is 0.267 e. The molecule has 3 heterocycles. The van der Waals surface area contributed by atoms with Gasteiger partial charge in [-0.25, -0.2) is 0 Å². The number of nitrogens with one attached hydrogen (secondary N) is 2. The van der Waals surface area contributed by atoms with Crippen LogP contribution >= 0.6 is 0 Å². The first-order chi connectivity index (χ1) is 15.6. The average Bonchev–Trinajstić information content (AvgIpc) is 3.07. The van der Waals surface area contributed by atoms with Gasteiger partial charge < -0.3 is 24.8 Å². The van der Waals surface area contributed by atoms with E-state index >= 15 is 0 Å². The van der Waals surface area contributed by atoms with Crippen LogP contribution in [-0.2, 0) is 0 Å². The zero-order valence-electron chi connectivity index (χ0n) is 19.9. The SMILES string of the molecule is CC(C)COc1cccc2[nH]c(C(=O)NC3CCN(CCN4CCCCCC4)CC3)cc12.[HH].[HH]. The lowest BCUT2D eigenvalue weighted by Gasteiger charge is -2.33. The van der Waals surface area contributed by atoms with Crippen LogP contribution in [0.5, 0.6) is 5.75 Å². The fourth-order valence-corrected chi connectivity index (χ4v) is 4.84. The maximum atomic E-state index is 12.9. The van der Waals surface area contributed by atoms with E-state index in [-0.39, 0.29) is 14.8 Å². The number of carbonyl (C=O) groups excluding carboxylic acids is 1. The molecule has 2 aromatic rings. The van der Waals surface area contributed by atoms with E-state index in [1.54, 1.807) is 0 Å². The molecule has 6 nitrogen and oxygen atoms in total. The molecule has 0 radical (unpaired) electrons. The highest BCUT2D eigenvalue weighted by molar-refractivity contribution is 5.99. The van der Waals surface area contributed by atoms with E-state index in [2.05, 4.69) is 33.9 Å². The summed E-state index contributed by atoms with van der Waals surface area (Å²) in [6.45, 7) is 11.9. The molecule has 6 heteroatoms. The highest BCUT2D eigenvalue weighted by Gasteiger charge is 2.22. The number of likely N-dealkylation sites (tertiary alicyclic amines) is 2. The van der Waals surface area contributed by atoms with Gasteiger partial charge in [0.15, 0.2) is 0 Å². The Kier molecular flexibility index (Phi) is 8.09. The van der Waals surface area contributed by atoms with Crippen LogP contribution in [0.3, 0.4) is 0 Å². The van der Waals surface area contributed by atoms with Crippen LogP contribution in [0.25, 0.3) is 10.9 Å². The van der Waals surface area contributed by atoms with Crippen molar-refractivity contribution < 1.29 is 12.4 Å². The highest BCUT2D eigenvalue weighted by Crippen LogP contribution is 2.27. The molecule has 0 unspecified atom stereocenters. The molecule has 2 aliphatic rings. The third-order valence-corrected chi connectivity index (χ3v) is 6.79. The summed E-state index contributed by atoms with van der Waals surface area (Å²) >= 11 is 0. The summed E-state index contributed by atoms with van der Waals surface area (Å²) in [5.74, 6) is 1.28. The predicted molar refractivity (Wildman–Crippen MR) is 135 cm³/mol. The predicted octanol–water partition coefficient (Wildman–Crippen LogP) is 4.76. The summed E-state index contributed by atoms with van der Waals surface area (Å²) in [5.41, 5.74) is 1.56. The number of piperidine rings is 1. The number of aromatic amines is 1. The molecule has 0 aliphatic carbocycles. The van der Waals surface area contributed by atoms with Gasteiger partial charge in [-0.2, -0.15) is 0 Å². The fraction of sp³-hybridized carbons (Fsp3) is 0.654. The van der Waals surface area contributed by atoms with Crippen molar-refractivity contribution in [2.75, 3.05) is 45.9 Å². The van der Waals surface area contributed by atoms with E-state index in [1.807, 2.05) is 24.3 Å². The Hall–Kier alpha value is -2.05. The first-order valence-electron chi connectivity index (χ1n) is 12.6. The molecule has 1 aromatic heterocycles. The van der Waals surface area contributed by atoms with Crippen molar-refractivity contribution in [1.29, 1.82) is 0 Å². The van der Waals surface area contributed by atoms with Gasteiger partial charge in [0.25, 0.3) is 5.91 Å². The van der Waals surface area contributed by atoms with E-state index in [9.17, 15) is 4.79 Å². The van der Waals surface area contributed by atoms with Gasteiger partial charge in [-0.1, -0.05) is 32.8 Å². The molecule has 0 saturated carbocycles. The van der Waals surface area contributed by atoms with Gasteiger partial charge in [0, 0.05) is 46.0 Å². The van der Waals surface area contributed by atoms with Crippen LogP contribution in [0.1, 0.15) is 65.7 Å². The van der Waals surface area contributed by atoms with E-state index < -0.39 is 0 Å². The molecule has 0 bridgehead atoms. The Balaban J connectivity index is 0.00000204. The van der Waals surface area contributed by atoms with Crippen molar-refractivity contribution in [3.8, 4) is 5.75 Å². The van der Waals surface area contributed by atoms with Gasteiger partial charge in [0.2, 0.25) is 0 Å². The lowest BCUT2D eigenvalue weighted by molar-refractivity contribution is 0.0902. The molecule has 1 aromatic carbocycles. The van der Waals surface area contributed by atoms with Crippen molar-refractivity contribution in [1.82, 2.24) is 20.1 Å². The van der Waals surface area contributed by atoms with Crippen LogP contribution in [0, 0.1) is 5.92 Å². The van der Waals surface area contributed by atoms with Crippen LogP contribution < -0.4 is 10.1 Å². The number of aromatic nitrogens is 1.